The monoisotopic (exact) mass is 526 g/mol. The Morgan fingerprint density at radius 3 is 2.58 bits per heavy atom. The zero-order chi connectivity index (χ0) is 26.5. The molecule has 0 saturated heterocycles. The smallest absolute Gasteiger partial charge is 0.283 e. The largest absolute Gasteiger partial charge is 0.493 e. The third-order valence-corrected chi connectivity index (χ3v) is 6.70. The van der Waals surface area contributed by atoms with Crippen LogP contribution in [0.5, 0.6) is 17.2 Å². The summed E-state index contributed by atoms with van der Waals surface area (Å²) in [5.41, 5.74) is 3.06. The number of amides is 1. The van der Waals surface area contributed by atoms with Crippen molar-refractivity contribution in [1.29, 1.82) is 5.41 Å². The van der Waals surface area contributed by atoms with E-state index in [0.29, 0.717) is 41.9 Å². The van der Waals surface area contributed by atoms with Crippen LogP contribution in [0, 0.1) is 12.3 Å². The maximum absolute atomic E-state index is 12.8. The summed E-state index contributed by atoms with van der Waals surface area (Å²) in [7, 11) is 1.55. The summed E-state index contributed by atoms with van der Waals surface area (Å²) in [4.78, 5) is 17.0. The molecule has 2 aliphatic heterocycles. The number of thioether (sulfide) groups is 1. The van der Waals surface area contributed by atoms with Crippen molar-refractivity contribution in [3.05, 3.63) is 95.1 Å². The Morgan fingerprint density at radius 2 is 1.79 bits per heavy atom. The highest BCUT2D eigenvalue weighted by molar-refractivity contribution is 8.26. The molecule has 0 fully saturated rings. The molecule has 0 aliphatic carbocycles. The molecule has 0 atom stereocenters. The fourth-order valence-corrected chi connectivity index (χ4v) is 4.87. The van der Waals surface area contributed by atoms with E-state index in [1.807, 2.05) is 61.5 Å². The van der Waals surface area contributed by atoms with Gasteiger partial charge in [-0.15, -0.1) is 0 Å². The van der Waals surface area contributed by atoms with E-state index in [1.165, 1.54) is 16.8 Å². The van der Waals surface area contributed by atoms with Crippen LogP contribution in [-0.2, 0) is 11.2 Å². The van der Waals surface area contributed by atoms with Crippen LogP contribution < -0.4 is 14.2 Å². The van der Waals surface area contributed by atoms with E-state index >= 15 is 0 Å². The minimum Gasteiger partial charge on any atom is -0.493 e. The summed E-state index contributed by atoms with van der Waals surface area (Å²) in [6.07, 6.45) is 2.23. The van der Waals surface area contributed by atoms with Gasteiger partial charge in [0.1, 0.15) is 24.0 Å². The molecule has 0 saturated carbocycles. The highest BCUT2D eigenvalue weighted by Gasteiger charge is 2.35. The number of hydrazone groups is 1. The molecule has 0 aromatic heterocycles. The quantitative estimate of drug-likeness (QED) is 0.299. The van der Waals surface area contributed by atoms with Crippen LogP contribution >= 0.6 is 11.8 Å². The second-order valence-electron chi connectivity index (χ2n) is 8.60. The molecule has 0 unspecified atom stereocenters. The second-order valence-corrected chi connectivity index (χ2v) is 9.64. The molecule has 38 heavy (non-hydrogen) atoms. The van der Waals surface area contributed by atoms with Gasteiger partial charge in [-0.2, -0.15) is 15.1 Å². The van der Waals surface area contributed by atoms with E-state index in [2.05, 4.69) is 10.1 Å². The SMILES string of the molecule is COc1cc(C=C2C(=N)N3N=C(Cc4ccccc4)SC3=NC2=O)ccc1OCCOc1cccc(C)c1. The maximum atomic E-state index is 12.8. The number of hydrogen-bond donors (Lipinski definition) is 1. The lowest BCUT2D eigenvalue weighted by Crippen LogP contribution is -2.35. The average molecular weight is 527 g/mol. The van der Waals surface area contributed by atoms with Crippen LogP contribution in [0.1, 0.15) is 16.7 Å². The number of aliphatic imine (C=N–C) groups is 1. The van der Waals surface area contributed by atoms with Crippen LogP contribution in [0.3, 0.4) is 0 Å². The Morgan fingerprint density at radius 1 is 0.974 bits per heavy atom. The molecule has 1 N–H and O–H groups in total. The highest BCUT2D eigenvalue weighted by atomic mass is 32.2. The highest BCUT2D eigenvalue weighted by Crippen LogP contribution is 2.32. The molecular formula is C29H26N4O4S. The van der Waals surface area contributed by atoms with Crippen LogP contribution in [0.25, 0.3) is 6.08 Å². The van der Waals surface area contributed by atoms with Crippen molar-refractivity contribution in [3.63, 3.8) is 0 Å². The first-order valence-corrected chi connectivity index (χ1v) is 12.8. The third-order valence-electron chi connectivity index (χ3n) is 5.79. The molecule has 1 amide bonds. The second kappa shape index (κ2) is 11.4. The lowest BCUT2D eigenvalue weighted by atomic mass is 10.1. The summed E-state index contributed by atoms with van der Waals surface area (Å²) >= 11 is 1.31. The van der Waals surface area contributed by atoms with Crippen LogP contribution in [0.2, 0.25) is 0 Å². The van der Waals surface area contributed by atoms with E-state index < -0.39 is 5.91 Å². The first-order valence-electron chi connectivity index (χ1n) is 12.0. The Balaban J connectivity index is 1.26. The number of methoxy groups -OCH3 is 1. The molecule has 2 heterocycles. The van der Waals surface area contributed by atoms with Gasteiger partial charge >= 0.3 is 0 Å². The molecule has 8 nitrogen and oxygen atoms in total. The maximum Gasteiger partial charge on any atom is 0.283 e. The number of aryl methyl sites for hydroxylation is 1. The molecule has 0 radical (unpaired) electrons. The topological polar surface area (TPSA) is 96.6 Å². The van der Waals surface area contributed by atoms with Gasteiger partial charge < -0.3 is 14.2 Å². The number of amidine groups is 2. The summed E-state index contributed by atoms with van der Waals surface area (Å²) in [5, 5.41) is 15.8. The van der Waals surface area contributed by atoms with Crippen molar-refractivity contribution in [1.82, 2.24) is 5.01 Å². The first-order chi connectivity index (χ1) is 18.5. The van der Waals surface area contributed by atoms with Gasteiger partial charge in [0.25, 0.3) is 5.91 Å². The van der Waals surface area contributed by atoms with Gasteiger partial charge in [0.15, 0.2) is 17.3 Å². The Kier molecular flexibility index (Phi) is 7.55. The lowest BCUT2D eigenvalue weighted by molar-refractivity contribution is -0.114. The van der Waals surface area contributed by atoms with Gasteiger partial charge in [-0.3, -0.25) is 10.2 Å². The minimum atomic E-state index is -0.475. The van der Waals surface area contributed by atoms with Crippen molar-refractivity contribution in [2.24, 2.45) is 10.1 Å². The molecule has 0 bridgehead atoms. The lowest BCUT2D eigenvalue weighted by Gasteiger charge is -2.20. The number of nitrogens with one attached hydrogen (secondary N) is 1. The van der Waals surface area contributed by atoms with Gasteiger partial charge in [0.2, 0.25) is 5.17 Å². The number of nitrogens with zero attached hydrogens (tertiary/aromatic N) is 3. The predicted molar refractivity (Wildman–Crippen MR) is 150 cm³/mol. The Hall–Kier alpha value is -4.37. The van der Waals surface area contributed by atoms with Gasteiger partial charge in [0, 0.05) is 6.42 Å². The predicted octanol–water partition coefficient (Wildman–Crippen LogP) is 5.32. The molecule has 5 rings (SSSR count). The molecular weight excluding hydrogens is 500 g/mol. The summed E-state index contributed by atoms with van der Waals surface area (Å²) in [5.74, 6) is 1.37. The summed E-state index contributed by atoms with van der Waals surface area (Å²) in [6, 6.07) is 23.1. The van der Waals surface area contributed by atoms with Gasteiger partial charge in [-0.25, -0.2) is 0 Å². The number of benzene rings is 3. The summed E-state index contributed by atoms with van der Waals surface area (Å²) in [6.45, 7) is 2.73. The fraction of sp³-hybridized carbons (Fsp3) is 0.172. The van der Waals surface area contributed by atoms with Crippen molar-refractivity contribution in [2.75, 3.05) is 20.3 Å². The minimum absolute atomic E-state index is 0.0110. The number of fused-ring (bicyclic) bond motifs is 1. The summed E-state index contributed by atoms with van der Waals surface area (Å²) < 4.78 is 17.1. The number of hydrogen-bond acceptors (Lipinski definition) is 7. The molecule has 2 aliphatic rings. The third kappa shape index (κ3) is 5.78. The van der Waals surface area contributed by atoms with E-state index in [-0.39, 0.29) is 11.4 Å². The molecule has 9 heteroatoms. The van der Waals surface area contributed by atoms with E-state index in [9.17, 15) is 4.79 Å². The molecule has 192 valence electrons. The number of carbonyl (C=O) groups is 1. The van der Waals surface area contributed by atoms with Crippen molar-refractivity contribution in [3.8, 4) is 17.2 Å². The fourth-order valence-electron chi connectivity index (χ4n) is 3.95. The van der Waals surface area contributed by atoms with E-state index in [1.54, 1.807) is 31.4 Å². The Bertz CT molecular complexity index is 1470. The zero-order valence-corrected chi connectivity index (χ0v) is 21.8. The zero-order valence-electron chi connectivity index (χ0n) is 21.0. The number of ether oxygens (including phenoxy) is 3. The van der Waals surface area contributed by atoms with Crippen LogP contribution in [0.4, 0.5) is 0 Å². The van der Waals surface area contributed by atoms with Crippen LogP contribution in [-0.4, -0.2) is 47.3 Å². The number of rotatable bonds is 9. The normalized spacial score (nSPS) is 15.7. The van der Waals surface area contributed by atoms with E-state index in [0.717, 1.165) is 21.9 Å². The van der Waals surface area contributed by atoms with Gasteiger partial charge in [-0.05, 0) is 65.7 Å². The standard InChI is InChI=1S/C29H26N4O4S/c1-19-7-6-10-22(15-19)36-13-14-37-24-12-11-21(17-25(24)35-2)16-23-27(30)33-29(31-28(23)34)38-26(32-33)18-20-8-4-3-5-9-20/h3-12,15-17,30H,13-14,18H2,1-2H3. The first kappa shape index (κ1) is 25.3. The van der Waals surface area contributed by atoms with Crippen LogP contribution in [0.15, 0.2) is 88.5 Å². The van der Waals surface area contributed by atoms with Gasteiger partial charge in [-0.1, -0.05) is 48.5 Å². The number of carbonyl (C=O) groups excluding carboxylic acids is 1. The van der Waals surface area contributed by atoms with Gasteiger partial charge in [0.05, 0.1) is 12.7 Å². The van der Waals surface area contributed by atoms with Crippen molar-refractivity contribution >= 4 is 39.8 Å². The molecule has 0 spiro atoms. The van der Waals surface area contributed by atoms with Crippen molar-refractivity contribution < 1.29 is 19.0 Å². The van der Waals surface area contributed by atoms with Crippen molar-refractivity contribution in [2.45, 2.75) is 13.3 Å². The molecule has 3 aromatic carbocycles. The van der Waals surface area contributed by atoms with E-state index in [4.69, 9.17) is 19.6 Å². The molecule has 3 aromatic rings. The Labute approximate surface area is 225 Å². The average Bonchev–Trinajstić information content (AvgIpc) is 3.32.